The van der Waals surface area contributed by atoms with E-state index in [9.17, 15) is 13.6 Å². The second kappa shape index (κ2) is 4.84. The molecule has 1 aliphatic carbocycles. The molecule has 0 saturated heterocycles. The fourth-order valence-corrected chi connectivity index (χ4v) is 10.5. The summed E-state index contributed by atoms with van der Waals surface area (Å²) in [5.74, 6) is -0.178. The maximum absolute atomic E-state index is 12.6. The normalized spacial score (nSPS) is 28.7. The Morgan fingerprint density at radius 1 is 1.26 bits per heavy atom. The van der Waals surface area contributed by atoms with Gasteiger partial charge in [0, 0.05) is 0 Å². The Morgan fingerprint density at radius 2 is 1.79 bits per heavy atom. The number of hydrogen-bond donors (Lipinski definition) is 2. The Morgan fingerprint density at radius 3 is 2.16 bits per heavy atom. The Labute approximate surface area is 117 Å². The zero-order chi connectivity index (χ0) is 15.1. The molecule has 110 valence electrons. The molecule has 0 aliphatic heterocycles. The van der Waals surface area contributed by atoms with Crippen molar-refractivity contribution in [3.05, 3.63) is 24.3 Å². The summed E-state index contributed by atoms with van der Waals surface area (Å²) >= 11 is 0. The van der Waals surface area contributed by atoms with Crippen molar-refractivity contribution in [2.75, 3.05) is 0 Å². The SMILES string of the molecule is CC1C=CC=CC1([Si](C)(C)C(C)(C)C)S(=O)(=O)NO. The van der Waals surface area contributed by atoms with Crippen LogP contribution in [0.15, 0.2) is 24.3 Å². The quantitative estimate of drug-likeness (QED) is 0.622. The summed E-state index contributed by atoms with van der Waals surface area (Å²) in [6.07, 6.45) is 7.29. The molecular weight excluding hydrogens is 278 g/mol. The van der Waals surface area contributed by atoms with E-state index in [1.54, 1.807) is 17.0 Å². The molecule has 2 unspecified atom stereocenters. The molecule has 0 radical (unpaired) electrons. The van der Waals surface area contributed by atoms with Crippen LogP contribution < -0.4 is 4.89 Å². The number of allylic oxidation sites excluding steroid dienone is 3. The fourth-order valence-electron chi connectivity index (χ4n) is 2.83. The molecule has 4 nitrogen and oxygen atoms in total. The first-order valence-electron chi connectivity index (χ1n) is 6.45. The van der Waals surface area contributed by atoms with Gasteiger partial charge in [-0.05, 0) is 11.0 Å². The van der Waals surface area contributed by atoms with Gasteiger partial charge in [0.25, 0.3) is 0 Å². The molecule has 0 saturated carbocycles. The predicted molar refractivity (Wildman–Crippen MR) is 81.2 cm³/mol. The highest BCUT2D eigenvalue weighted by Crippen LogP contribution is 2.51. The predicted octanol–water partition coefficient (Wildman–Crippen LogP) is 2.84. The van der Waals surface area contributed by atoms with Crippen LogP contribution in [0.2, 0.25) is 18.1 Å². The van der Waals surface area contributed by atoms with Crippen LogP contribution in [0, 0.1) is 5.92 Å². The zero-order valence-electron chi connectivity index (χ0n) is 12.6. The van der Waals surface area contributed by atoms with Gasteiger partial charge in [-0.15, -0.1) is 0 Å². The van der Waals surface area contributed by atoms with Gasteiger partial charge in [0.1, 0.15) is 4.37 Å². The molecule has 1 rings (SSSR count). The van der Waals surface area contributed by atoms with Crippen LogP contribution >= 0.6 is 0 Å². The third-order valence-electron chi connectivity index (χ3n) is 4.95. The van der Waals surface area contributed by atoms with Gasteiger partial charge in [0.15, 0.2) is 0 Å². The molecule has 0 spiro atoms. The maximum Gasteiger partial charge on any atom is 0.240 e. The molecule has 0 bridgehead atoms. The van der Waals surface area contributed by atoms with Crippen LogP contribution in [-0.4, -0.2) is 26.1 Å². The largest absolute Gasteiger partial charge is 0.302 e. The van der Waals surface area contributed by atoms with Gasteiger partial charge in [-0.1, -0.05) is 70.0 Å². The van der Waals surface area contributed by atoms with E-state index in [2.05, 4.69) is 33.9 Å². The van der Waals surface area contributed by atoms with Crippen LogP contribution in [0.4, 0.5) is 0 Å². The average Bonchev–Trinajstić information content (AvgIpc) is 2.27. The van der Waals surface area contributed by atoms with E-state index < -0.39 is 22.5 Å². The Kier molecular flexibility index (Phi) is 4.23. The van der Waals surface area contributed by atoms with Gasteiger partial charge in [0.05, 0.1) is 8.07 Å². The second-order valence-corrected chi connectivity index (χ2v) is 14.6. The van der Waals surface area contributed by atoms with Crippen molar-refractivity contribution in [3.8, 4) is 0 Å². The molecule has 0 amide bonds. The van der Waals surface area contributed by atoms with E-state index in [-0.39, 0.29) is 11.0 Å². The molecule has 0 heterocycles. The highest BCUT2D eigenvalue weighted by molar-refractivity contribution is 7.93. The fraction of sp³-hybridized carbons (Fsp3) is 0.692. The van der Waals surface area contributed by atoms with Crippen molar-refractivity contribution in [2.24, 2.45) is 5.92 Å². The summed E-state index contributed by atoms with van der Waals surface area (Å²) in [7, 11) is -6.17. The van der Waals surface area contributed by atoms with Crippen LogP contribution in [0.1, 0.15) is 27.7 Å². The molecule has 0 aromatic rings. The summed E-state index contributed by atoms with van der Waals surface area (Å²) in [5.41, 5.74) is 0. The van der Waals surface area contributed by atoms with Crippen LogP contribution in [-0.2, 0) is 10.0 Å². The third kappa shape index (κ3) is 2.24. The number of hydrogen-bond acceptors (Lipinski definition) is 3. The minimum atomic E-state index is -3.84. The summed E-state index contributed by atoms with van der Waals surface area (Å²) < 4.78 is 24.1. The first kappa shape index (κ1) is 16.6. The molecule has 0 fully saturated rings. The first-order chi connectivity index (χ1) is 8.44. The van der Waals surface area contributed by atoms with Crippen molar-refractivity contribution in [1.29, 1.82) is 0 Å². The summed E-state index contributed by atoms with van der Waals surface area (Å²) in [5, 5.41) is 9.06. The van der Waals surface area contributed by atoms with Crippen molar-refractivity contribution < 1.29 is 13.6 Å². The van der Waals surface area contributed by atoms with E-state index >= 15 is 0 Å². The zero-order valence-corrected chi connectivity index (χ0v) is 14.4. The second-order valence-electron chi connectivity index (χ2n) is 6.80. The smallest absolute Gasteiger partial charge is 0.240 e. The molecule has 1 aliphatic rings. The van der Waals surface area contributed by atoms with E-state index in [4.69, 9.17) is 0 Å². The molecule has 6 heteroatoms. The van der Waals surface area contributed by atoms with Gasteiger partial charge < -0.3 is 5.21 Å². The van der Waals surface area contributed by atoms with Crippen molar-refractivity contribution in [1.82, 2.24) is 4.89 Å². The monoisotopic (exact) mass is 303 g/mol. The van der Waals surface area contributed by atoms with Crippen molar-refractivity contribution in [3.63, 3.8) is 0 Å². The number of sulfonamides is 1. The number of rotatable bonds is 3. The van der Waals surface area contributed by atoms with Crippen molar-refractivity contribution in [2.45, 2.75) is 50.2 Å². The van der Waals surface area contributed by atoms with Gasteiger partial charge in [-0.25, -0.2) is 8.42 Å². The minimum Gasteiger partial charge on any atom is -0.302 e. The highest BCUT2D eigenvalue weighted by atomic mass is 32.2. The Hall–Kier alpha value is -0.433. The molecule has 2 atom stereocenters. The highest BCUT2D eigenvalue weighted by Gasteiger charge is 2.61. The Bertz CT molecular complexity index is 502. The lowest BCUT2D eigenvalue weighted by molar-refractivity contribution is 0.239. The molecule has 19 heavy (non-hydrogen) atoms. The number of nitrogens with one attached hydrogen (secondary N) is 1. The van der Waals surface area contributed by atoms with Crippen LogP contribution in [0.25, 0.3) is 0 Å². The van der Waals surface area contributed by atoms with E-state index in [1.165, 1.54) is 0 Å². The average molecular weight is 304 g/mol. The van der Waals surface area contributed by atoms with Crippen LogP contribution in [0.5, 0.6) is 0 Å². The van der Waals surface area contributed by atoms with E-state index in [0.29, 0.717) is 0 Å². The van der Waals surface area contributed by atoms with Gasteiger partial charge in [0.2, 0.25) is 10.0 Å². The lowest BCUT2D eigenvalue weighted by atomic mass is 10.0. The molecule has 2 N–H and O–H groups in total. The van der Waals surface area contributed by atoms with Crippen LogP contribution in [0.3, 0.4) is 0 Å². The van der Waals surface area contributed by atoms with E-state index in [1.807, 2.05) is 19.1 Å². The molecule has 0 aromatic heterocycles. The Balaban J connectivity index is 3.65. The lowest BCUT2D eigenvalue weighted by Gasteiger charge is -2.52. The standard InChI is InChI=1S/C13H25NO3SSi/c1-11-9-7-8-10-13(11,18(16,17)14-15)19(5,6)12(2,3)4/h7-11,14-15H,1-6H3. The minimum absolute atomic E-state index is 0.124. The first-order valence-corrected chi connectivity index (χ1v) is 10.9. The molecule has 0 aromatic carbocycles. The summed E-state index contributed by atoms with van der Waals surface area (Å²) in [4.78, 5) is 1.58. The van der Waals surface area contributed by atoms with E-state index in [0.717, 1.165) is 0 Å². The molecular formula is C13H25NO3SSi. The van der Waals surface area contributed by atoms with Gasteiger partial charge in [-0.2, -0.15) is 0 Å². The topological polar surface area (TPSA) is 66.4 Å². The summed E-state index contributed by atoms with van der Waals surface area (Å²) in [6.45, 7) is 12.3. The summed E-state index contributed by atoms with van der Waals surface area (Å²) in [6, 6.07) is 0. The van der Waals surface area contributed by atoms with Gasteiger partial charge >= 0.3 is 0 Å². The maximum atomic E-state index is 12.6. The van der Waals surface area contributed by atoms with Crippen molar-refractivity contribution >= 4 is 18.1 Å². The third-order valence-corrected chi connectivity index (χ3v) is 15.2. The lowest BCUT2D eigenvalue weighted by Crippen LogP contribution is -2.68. The van der Waals surface area contributed by atoms with Gasteiger partial charge in [-0.3, -0.25) is 0 Å².